The van der Waals surface area contributed by atoms with Crippen molar-refractivity contribution in [3.63, 3.8) is 0 Å². The SMILES string of the molecule is Cc1ccc(NC(=O)C(Sc2nnc(N3CCC(C)CC3)n2C2CC2)c2ccccc2)cc1. The van der Waals surface area contributed by atoms with Crippen LogP contribution in [0.3, 0.4) is 0 Å². The quantitative estimate of drug-likeness (QED) is 0.462. The Morgan fingerprint density at radius 3 is 2.36 bits per heavy atom. The van der Waals surface area contributed by atoms with Gasteiger partial charge in [0.25, 0.3) is 0 Å². The highest BCUT2D eigenvalue weighted by molar-refractivity contribution is 8.00. The third-order valence-electron chi connectivity index (χ3n) is 6.51. The van der Waals surface area contributed by atoms with Crippen LogP contribution in [0.2, 0.25) is 0 Å². The molecule has 5 rings (SSSR count). The second-order valence-electron chi connectivity index (χ2n) is 9.32. The largest absolute Gasteiger partial charge is 0.341 e. The van der Waals surface area contributed by atoms with Crippen molar-refractivity contribution in [2.24, 2.45) is 5.92 Å². The van der Waals surface area contributed by atoms with Gasteiger partial charge < -0.3 is 10.2 Å². The molecule has 7 heteroatoms. The highest BCUT2D eigenvalue weighted by Gasteiger charge is 2.34. The molecule has 1 N–H and O–H groups in total. The first-order chi connectivity index (χ1) is 16.1. The van der Waals surface area contributed by atoms with Crippen LogP contribution < -0.4 is 10.2 Å². The van der Waals surface area contributed by atoms with Crippen molar-refractivity contribution >= 4 is 29.3 Å². The van der Waals surface area contributed by atoms with Crippen LogP contribution in [0.5, 0.6) is 0 Å². The van der Waals surface area contributed by atoms with Gasteiger partial charge in [-0.15, -0.1) is 10.2 Å². The topological polar surface area (TPSA) is 63.1 Å². The molecule has 2 heterocycles. The molecule has 1 saturated heterocycles. The Kier molecular flexibility index (Phi) is 6.40. The van der Waals surface area contributed by atoms with Crippen LogP contribution in [0.15, 0.2) is 59.8 Å². The van der Waals surface area contributed by atoms with Gasteiger partial charge in [0.2, 0.25) is 11.9 Å². The van der Waals surface area contributed by atoms with Gasteiger partial charge >= 0.3 is 0 Å². The van der Waals surface area contributed by atoms with E-state index in [0.29, 0.717) is 6.04 Å². The second-order valence-corrected chi connectivity index (χ2v) is 10.4. The Balaban J connectivity index is 1.42. The standard InChI is InChI=1S/C26H31N5OS/c1-18-8-10-21(11-9-18)27-24(32)23(20-6-4-3-5-7-20)33-26-29-28-25(31(26)22-12-13-22)30-16-14-19(2)15-17-30/h3-11,19,22-23H,12-17H2,1-2H3,(H,27,32). The minimum atomic E-state index is -0.413. The number of hydrogen-bond acceptors (Lipinski definition) is 5. The molecule has 0 bridgehead atoms. The number of aromatic nitrogens is 3. The average molecular weight is 462 g/mol. The molecule has 1 unspecified atom stereocenters. The van der Waals surface area contributed by atoms with Gasteiger partial charge in [-0.25, -0.2) is 0 Å². The lowest BCUT2D eigenvalue weighted by atomic mass is 10.00. The van der Waals surface area contributed by atoms with Crippen LogP contribution in [0.4, 0.5) is 11.6 Å². The number of aryl methyl sites for hydroxylation is 1. The molecular formula is C26H31N5OS. The van der Waals surface area contributed by atoms with E-state index in [-0.39, 0.29) is 5.91 Å². The number of benzene rings is 2. The summed E-state index contributed by atoms with van der Waals surface area (Å²) in [7, 11) is 0. The molecule has 1 amide bonds. The number of hydrogen-bond donors (Lipinski definition) is 1. The molecule has 3 aromatic rings. The molecule has 172 valence electrons. The Morgan fingerprint density at radius 2 is 1.70 bits per heavy atom. The Bertz CT molecular complexity index is 1090. The Hall–Kier alpha value is -2.80. The number of nitrogens with zero attached hydrogens (tertiary/aromatic N) is 4. The predicted molar refractivity (Wildman–Crippen MR) is 134 cm³/mol. The molecule has 1 saturated carbocycles. The molecule has 6 nitrogen and oxygen atoms in total. The van der Waals surface area contributed by atoms with Gasteiger partial charge in [0, 0.05) is 24.8 Å². The molecule has 0 spiro atoms. The highest BCUT2D eigenvalue weighted by atomic mass is 32.2. The minimum Gasteiger partial charge on any atom is -0.341 e. The summed E-state index contributed by atoms with van der Waals surface area (Å²) in [4.78, 5) is 15.8. The number of carbonyl (C=O) groups excluding carboxylic acids is 1. The number of piperidine rings is 1. The van der Waals surface area contributed by atoms with Crippen molar-refractivity contribution < 1.29 is 4.79 Å². The van der Waals surface area contributed by atoms with Gasteiger partial charge in [0.1, 0.15) is 5.25 Å². The van der Waals surface area contributed by atoms with E-state index in [1.807, 2.05) is 61.5 Å². The van der Waals surface area contributed by atoms with Crippen molar-refractivity contribution in [2.45, 2.75) is 56.0 Å². The zero-order valence-electron chi connectivity index (χ0n) is 19.3. The maximum atomic E-state index is 13.4. The van der Waals surface area contributed by atoms with E-state index in [9.17, 15) is 4.79 Å². The number of carbonyl (C=O) groups is 1. The molecule has 1 aromatic heterocycles. The van der Waals surface area contributed by atoms with Crippen LogP contribution in [0.1, 0.15) is 55.0 Å². The van der Waals surface area contributed by atoms with E-state index in [2.05, 4.69) is 31.9 Å². The lowest BCUT2D eigenvalue weighted by Crippen LogP contribution is -2.34. The van der Waals surface area contributed by atoms with Crippen molar-refractivity contribution in [1.82, 2.24) is 14.8 Å². The number of amides is 1. The van der Waals surface area contributed by atoms with Crippen molar-refractivity contribution in [3.8, 4) is 0 Å². The summed E-state index contributed by atoms with van der Waals surface area (Å²) in [6.45, 7) is 6.40. The summed E-state index contributed by atoms with van der Waals surface area (Å²) in [5.74, 6) is 1.69. The molecule has 33 heavy (non-hydrogen) atoms. The van der Waals surface area contributed by atoms with Crippen LogP contribution in [-0.2, 0) is 4.79 Å². The fraction of sp³-hybridized carbons (Fsp3) is 0.423. The molecule has 1 aliphatic carbocycles. The van der Waals surface area contributed by atoms with Gasteiger partial charge in [-0.2, -0.15) is 0 Å². The molecule has 1 atom stereocenters. The normalized spacial score (nSPS) is 17.7. The first-order valence-electron chi connectivity index (χ1n) is 11.9. The summed E-state index contributed by atoms with van der Waals surface area (Å²) in [6.07, 6.45) is 4.67. The Labute approximate surface area is 199 Å². The maximum absolute atomic E-state index is 13.4. The third kappa shape index (κ3) is 5.08. The number of rotatable bonds is 7. The molecule has 2 fully saturated rings. The summed E-state index contributed by atoms with van der Waals surface area (Å²) >= 11 is 1.50. The van der Waals surface area contributed by atoms with E-state index in [4.69, 9.17) is 0 Å². The fourth-order valence-electron chi connectivity index (χ4n) is 4.28. The molecule has 2 aliphatic rings. The van der Waals surface area contributed by atoms with Crippen LogP contribution in [0, 0.1) is 12.8 Å². The van der Waals surface area contributed by atoms with E-state index in [1.165, 1.54) is 30.2 Å². The number of anilines is 2. The minimum absolute atomic E-state index is 0.0475. The van der Waals surface area contributed by atoms with Gasteiger partial charge in [0.05, 0.1) is 0 Å². The summed E-state index contributed by atoms with van der Waals surface area (Å²) in [5.41, 5.74) is 2.93. The van der Waals surface area contributed by atoms with Gasteiger partial charge in [0.15, 0.2) is 5.16 Å². The van der Waals surface area contributed by atoms with E-state index >= 15 is 0 Å². The molecule has 2 aromatic carbocycles. The highest BCUT2D eigenvalue weighted by Crippen LogP contribution is 2.44. The molecule has 0 radical (unpaired) electrons. The zero-order chi connectivity index (χ0) is 22.8. The number of nitrogens with one attached hydrogen (secondary N) is 1. The fourth-order valence-corrected chi connectivity index (χ4v) is 5.38. The third-order valence-corrected chi connectivity index (χ3v) is 7.72. The van der Waals surface area contributed by atoms with Crippen molar-refractivity contribution in [2.75, 3.05) is 23.3 Å². The van der Waals surface area contributed by atoms with Gasteiger partial charge in [-0.05, 0) is 56.2 Å². The van der Waals surface area contributed by atoms with Gasteiger partial charge in [-0.3, -0.25) is 9.36 Å². The van der Waals surface area contributed by atoms with Crippen LogP contribution in [-0.4, -0.2) is 33.8 Å². The monoisotopic (exact) mass is 461 g/mol. The summed E-state index contributed by atoms with van der Waals surface area (Å²) in [5, 5.41) is 12.7. The van der Waals surface area contributed by atoms with Crippen molar-refractivity contribution in [1.29, 1.82) is 0 Å². The summed E-state index contributed by atoms with van der Waals surface area (Å²) < 4.78 is 2.29. The lowest BCUT2D eigenvalue weighted by Gasteiger charge is -2.31. The molecule has 1 aliphatic heterocycles. The zero-order valence-corrected chi connectivity index (χ0v) is 20.1. The number of thioether (sulfide) groups is 1. The Morgan fingerprint density at radius 1 is 1.00 bits per heavy atom. The maximum Gasteiger partial charge on any atom is 0.242 e. The van der Waals surface area contributed by atoms with Crippen molar-refractivity contribution in [3.05, 3.63) is 65.7 Å². The second kappa shape index (κ2) is 9.59. The van der Waals surface area contributed by atoms with E-state index in [0.717, 1.165) is 54.2 Å². The average Bonchev–Trinajstić information content (AvgIpc) is 3.59. The van der Waals surface area contributed by atoms with Crippen LogP contribution in [0.25, 0.3) is 0 Å². The summed E-state index contributed by atoms with van der Waals surface area (Å²) in [6, 6.07) is 18.3. The predicted octanol–water partition coefficient (Wildman–Crippen LogP) is 5.63. The van der Waals surface area contributed by atoms with Gasteiger partial charge in [-0.1, -0.05) is 66.7 Å². The first kappa shape index (κ1) is 22.0. The van der Waals surface area contributed by atoms with E-state index < -0.39 is 5.25 Å². The van der Waals surface area contributed by atoms with E-state index in [1.54, 1.807) is 0 Å². The molecular weight excluding hydrogens is 430 g/mol. The van der Waals surface area contributed by atoms with Crippen LogP contribution >= 0.6 is 11.8 Å². The first-order valence-corrected chi connectivity index (χ1v) is 12.8. The smallest absolute Gasteiger partial charge is 0.242 e. The lowest BCUT2D eigenvalue weighted by molar-refractivity contribution is -0.115.